The SMILES string of the molecule is CC/C=C\C/C=C\C/C=C\C/C=C\C/C=C\C/C=C\C/C=C\CCCC(=O)OC(COC(=O)CCCCCCCCC/C=C\CCCCCCCCC)COC(=O)CCCCCCCCCCCCCCCCCCCCCCCCCC. The lowest BCUT2D eigenvalue weighted by Crippen LogP contribution is -2.30. The van der Waals surface area contributed by atoms with E-state index in [4.69, 9.17) is 14.2 Å². The molecule has 6 heteroatoms. The van der Waals surface area contributed by atoms with Crippen molar-refractivity contribution in [3.63, 3.8) is 0 Å². The first-order valence-corrected chi connectivity index (χ1v) is 35.7. The van der Waals surface area contributed by atoms with Crippen LogP contribution in [0.3, 0.4) is 0 Å². The summed E-state index contributed by atoms with van der Waals surface area (Å²) in [6, 6.07) is 0. The van der Waals surface area contributed by atoms with Crippen LogP contribution in [0.4, 0.5) is 0 Å². The largest absolute Gasteiger partial charge is 0.462 e. The summed E-state index contributed by atoms with van der Waals surface area (Å²) in [7, 11) is 0. The Balaban J connectivity index is 4.43. The number of allylic oxidation sites excluding steroid dienone is 16. The Labute approximate surface area is 515 Å². The van der Waals surface area contributed by atoms with Gasteiger partial charge < -0.3 is 14.2 Å². The quantitative estimate of drug-likeness (QED) is 0.0261. The Morgan fingerprint density at radius 3 is 0.783 bits per heavy atom. The Morgan fingerprint density at radius 2 is 0.482 bits per heavy atom. The standard InChI is InChI=1S/C77H134O6/c1-4-7-10-13-16-19-22-25-28-31-34-36-38-40-41-43-46-49-52-55-58-61-64-67-70-76(79)82-73-74(72-81-75(78)69-66-63-60-57-54-51-48-45-33-30-27-24-21-18-15-12-9-6-3)83-77(80)71-68-65-62-59-56-53-50-47-44-42-39-37-35-32-29-26-23-20-17-14-11-8-5-2/h8,11,17,20,26,29-30,33,35,37,42,44,50,53,59,62,74H,4-7,9-10,12-16,18-19,21-25,27-28,31-32,34,36,38-41,43,45-49,51-52,54-58,60-61,63-73H2,1-3H3/b11-8-,20-17-,29-26-,33-30-,37-35-,44-42-,53-50-,62-59-. The minimum atomic E-state index is -0.812. The lowest BCUT2D eigenvalue weighted by atomic mass is 10.0. The van der Waals surface area contributed by atoms with E-state index in [1.807, 2.05) is 0 Å². The summed E-state index contributed by atoms with van der Waals surface area (Å²) >= 11 is 0. The molecule has 83 heavy (non-hydrogen) atoms. The number of unbranched alkanes of at least 4 members (excludes halogenated alkanes) is 38. The number of ether oxygens (including phenoxy) is 3. The van der Waals surface area contributed by atoms with E-state index in [0.717, 1.165) is 89.9 Å². The van der Waals surface area contributed by atoms with Gasteiger partial charge in [0.1, 0.15) is 13.2 Å². The molecule has 0 spiro atoms. The van der Waals surface area contributed by atoms with Crippen molar-refractivity contribution in [1.82, 2.24) is 0 Å². The number of hydrogen-bond acceptors (Lipinski definition) is 6. The fourth-order valence-corrected chi connectivity index (χ4v) is 10.3. The van der Waals surface area contributed by atoms with Crippen LogP contribution in [0, 0.1) is 0 Å². The molecule has 0 aromatic carbocycles. The molecule has 0 aliphatic carbocycles. The molecule has 6 nitrogen and oxygen atoms in total. The first kappa shape index (κ1) is 79.3. The van der Waals surface area contributed by atoms with Gasteiger partial charge in [-0.15, -0.1) is 0 Å². The smallest absolute Gasteiger partial charge is 0.306 e. The molecule has 0 aromatic heterocycles. The van der Waals surface area contributed by atoms with Crippen LogP contribution in [0.5, 0.6) is 0 Å². The van der Waals surface area contributed by atoms with Crippen LogP contribution in [0.25, 0.3) is 0 Å². The summed E-state index contributed by atoms with van der Waals surface area (Å²) < 4.78 is 16.9. The van der Waals surface area contributed by atoms with Crippen molar-refractivity contribution in [2.24, 2.45) is 0 Å². The number of carbonyl (C=O) groups excluding carboxylic acids is 3. The summed E-state index contributed by atoms with van der Waals surface area (Å²) in [5, 5.41) is 0. The molecule has 0 saturated carbocycles. The summed E-state index contributed by atoms with van der Waals surface area (Å²) in [4.78, 5) is 38.5. The summed E-state index contributed by atoms with van der Waals surface area (Å²) in [6.45, 7) is 6.53. The first-order chi connectivity index (χ1) is 41.0. The third-order valence-electron chi connectivity index (χ3n) is 15.6. The van der Waals surface area contributed by atoms with Crippen LogP contribution < -0.4 is 0 Å². The van der Waals surface area contributed by atoms with Crippen molar-refractivity contribution in [2.45, 2.75) is 361 Å². The molecule has 0 amide bonds. The summed E-state index contributed by atoms with van der Waals surface area (Å²) in [6.07, 6.45) is 95.8. The molecule has 0 N–H and O–H groups in total. The maximum Gasteiger partial charge on any atom is 0.306 e. The second-order valence-corrected chi connectivity index (χ2v) is 23.8. The fourth-order valence-electron chi connectivity index (χ4n) is 10.3. The second-order valence-electron chi connectivity index (χ2n) is 23.8. The molecule has 478 valence electrons. The van der Waals surface area contributed by atoms with Crippen molar-refractivity contribution in [3.05, 3.63) is 97.2 Å². The second kappa shape index (κ2) is 70.8. The highest BCUT2D eigenvalue weighted by Gasteiger charge is 2.19. The van der Waals surface area contributed by atoms with E-state index in [1.54, 1.807) is 0 Å². The van der Waals surface area contributed by atoms with E-state index in [1.165, 1.54) is 218 Å². The van der Waals surface area contributed by atoms with E-state index in [0.29, 0.717) is 19.3 Å². The lowest BCUT2D eigenvalue weighted by molar-refractivity contribution is -0.167. The maximum atomic E-state index is 12.9. The molecule has 0 fully saturated rings. The normalized spacial score (nSPS) is 12.7. The Bertz CT molecular complexity index is 1610. The summed E-state index contributed by atoms with van der Waals surface area (Å²) in [5.74, 6) is -0.946. The van der Waals surface area contributed by atoms with Gasteiger partial charge in [-0.2, -0.15) is 0 Å². The van der Waals surface area contributed by atoms with Crippen molar-refractivity contribution in [3.8, 4) is 0 Å². The number of rotatable bonds is 65. The highest BCUT2D eigenvalue weighted by Crippen LogP contribution is 2.18. The number of esters is 3. The fraction of sp³-hybridized carbons (Fsp3) is 0.753. The summed E-state index contributed by atoms with van der Waals surface area (Å²) in [5.41, 5.74) is 0. The molecule has 0 aliphatic rings. The monoisotopic (exact) mass is 1160 g/mol. The lowest BCUT2D eigenvalue weighted by Gasteiger charge is -2.18. The number of carbonyl (C=O) groups is 3. The van der Waals surface area contributed by atoms with Gasteiger partial charge in [0, 0.05) is 19.3 Å². The predicted octanol–water partition coefficient (Wildman–Crippen LogP) is 24.8. The minimum Gasteiger partial charge on any atom is -0.462 e. The molecule has 0 saturated heterocycles. The molecule has 1 atom stereocenters. The van der Waals surface area contributed by atoms with Crippen LogP contribution in [0.15, 0.2) is 97.2 Å². The average molecular weight is 1160 g/mol. The highest BCUT2D eigenvalue weighted by atomic mass is 16.6. The zero-order chi connectivity index (χ0) is 59.9. The van der Waals surface area contributed by atoms with Gasteiger partial charge in [0.25, 0.3) is 0 Å². The Morgan fingerprint density at radius 1 is 0.253 bits per heavy atom. The zero-order valence-electron chi connectivity index (χ0n) is 54.9. The van der Waals surface area contributed by atoms with Crippen LogP contribution in [0.2, 0.25) is 0 Å². The third kappa shape index (κ3) is 69.0. The molecule has 0 rings (SSSR count). The molecule has 0 aliphatic heterocycles. The predicted molar refractivity (Wildman–Crippen MR) is 362 cm³/mol. The molecule has 0 radical (unpaired) electrons. The Kier molecular flexibility index (Phi) is 67.7. The van der Waals surface area contributed by atoms with Gasteiger partial charge in [-0.05, 0) is 96.3 Å². The maximum absolute atomic E-state index is 12.9. The molecule has 0 aromatic rings. The van der Waals surface area contributed by atoms with Crippen LogP contribution in [-0.4, -0.2) is 37.2 Å². The van der Waals surface area contributed by atoms with Gasteiger partial charge in [0.2, 0.25) is 0 Å². The van der Waals surface area contributed by atoms with Gasteiger partial charge in [0.15, 0.2) is 6.10 Å². The van der Waals surface area contributed by atoms with Gasteiger partial charge in [-0.1, -0.05) is 336 Å². The molecule has 0 heterocycles. The molecule has 0 bridgehead atoms. The third-order valence-corrected chi connectivity index (χ3v) is 15.6. The van der Waals surface area contributed by atoms with E-state index in [-0.39, 0.29) is 37.5 Å². The van der Waals surface area contributed by atoms with Crippen molar-refractivity contribution < 1.29 is 28.6 Å². The van der Waals surface area contributed by atoms with Crippen LogP contribution in [-0.2, 0) is 28.6 Å². The average Bonchev–Trinajstić information content (AvgIpc) is 3.49. The van der Waals surface area contributed by atoms with E-state index in [9.17, 15) is 14.4 Å². The molecular weight excluding hydrogens is 1020 g/mol. The highest BCUT2D eigenvalue weighted by molar-refractivity contribution is 5.71. The van der Waals surface area contributed by atoms with Gasteiger partial charge in [-0.25, -0.2) is 0 Å². The van der Waals surface area contributed by atoms with Gasteiger partial charge in [-0.3, -0.25) is 14.4 Å². The molecular formula is C77H134O6. The van der Waals surface area contributed by atoms with Crippen molar-refractivity contribution >= 4 is 17.9 Å². The first-order valence-electron chi connectivity index (χ1n) is 35.7. The number of hydrogen-bond donors (Lipinski definition) is 0. The van der Waals surface area contributed by atoms with Crippen molar-refractivity contribution in [1.29, 1.82) is 0 Å². The Hall–Kier alpha value is -3.67. The minimum absolute atomic E-state index is 0.0991. The van der Waals surface area contributed by atoms with Crippen LogP contribution >= 0.6 is 0 Å². The van der Waals surface area contributed by atoms with E-state index >= 15 is 0 Å². The van der Waals surface area contributed by atoms with Crippen LogP contribution in [0.1, 0.15) is 355 Å². The van der Waals surface area contributed by atoms with E-state index in [2.05, 4.69) is 118 Å². The van der Waals surface area contributed by atoms with Gasteiger partial charge in [0.05, 0.1) is 0 Å². The van der Waals surface area contributed by atoms with E-state index < -0.39 is 6.10 Å². The zero-order valence-corrected chi connectivity index (χ0v) is 54.9. The topological polar surface area (TPSA) is 78.9 Å². The molecule has 1 unspecified atom stereocenters. The van der Waals surface area contributed by atoms with Crippen molar-refractivity contribution in [2.75, 3.05) is 13.2 Å². The van der Waals surface area contributed by atoms with Gasteiger partial charge >= 0.3 is 17.9 Å².